The number of pyridine rings is 1. The number of halogens is 1. The molecule has 3 aromatic rings. The van der Waals surface area contributed by atoms with Gasteiger partial charge in [0.2, 0.25) is 0 Å². The lowest BCUT2D eigenvalue weighted by Crippen LogP contribution is -2.14. The first-order valence-corrected chi connectivity index (χ1v) is 8.09. The number of carbonyl (C=O) groups is 1. The molecule has 1 aromatic carbocycles. The number of aromatic hydroxyl groups is 1. The molecule has 130 valence electrons. The molecule has 0 saturated carbocycles. The van der Waals surface area contributed by atoms with E-state index in [1.807, 2.05) is 26.8 Å². The predicted molar refractivity (Wildman–Crippen MR) is 99.6 cm³/mol. The van der Waals surface area contributed by atoms with E-state index in [1.54, 1.807) is 17.6 Å². The third-order valence-electron chi connectivity index (χ3n) is 4.55. The molecule has 0 saturated heterocycles. The summed E-state index contributed by atoms with van der Waals surface area (Å²) in [5.41, 5.74) is 16.3. The molecular formula is C18H19ClN4O2. The van der Waals surface area contributed by atoms with Crippen molar-refractivity contribution in [3.8, 4) is 11.4 Å². The second kappa shape index (κ2) is 5.67. The average Bonchev–Trinajstić information content (AvgIpc) is 2.78. The molecule has 0 aliphatic rings. The minimum atomic E-state index is -0.625. The SMILES string of the molecule is Cc1cc2c(C(N)=O)c(N)n(-c3c(C)cc(Cl)c(O)c3C)c2nc1C. The number of aryl methyl sites for hydroxylation is 3. The molecule has 0 aliphatic heterocycles. The van der Waals surface area contributed by atoms with Crippen molar-refractivity contribution in [3.05, 3.63) is 45.1 Å². The average molecular weight is 359 g/mol. The normalized spacial score (nSPS) is 11.2. The number of rotatable bonds is 2. The van der Waals surface area contributed by atoms with Gasteiger partial charge in [-0.1, -0.05) is 11.6 Å². The lowest BCUT2D eigenvalue weighted by Gasteiger charge is -2.16. The van der Waals surface area contributed by atoms with E-state index in [1.165, 1.54) is 0 Å². The molecule has 5 N–H and O–H groups in total. The van der Waals surface area contributed by atoms with E-state index in [4.69, 9.17) is 23.1 Å². The zero-order chi connectivity index (χ0) is 18.6. The van der Waals surface area contributed by atoms with Gasteiger partial charge in [0.15, 0.2) is 0 Å². The Bertz CT molecular complexity index is 1050. The largest absolute Gasteiger partial charge is 0.506 e. The number of nitrogen functional groups attached to an aromatic ring is 1. The first-order chi connectivity index (χ1) is 11.6. The molecule has 0 fully saturated rings. The Hall–Kier alpha value is -2.73. The maximum absolute atomic E-state index is 12.0. The number of hydrogen-bond acceptors (Lipinski definition) is 4. The van der Waals surface area contributed by atoms with Crippen LogP contribution in [0.5, 0.6) is 5.75 Å². The number of primary amides is 1. The van der Waals surface area contributed by atoms with Gasteiger partial charge in [0, 0.05) is 16.6 Å². The van der Waals surface area contributed by atoms with Gasteiger partial charge < -0.3 is 16.6 Å². The van der Waals surface area contributed by atoms with Crippen molar-refractivity contribution in [2.75, 3.05) is 5.73 Å². The van der Waals surface area contributed by atoms with Gasteiger partial charge >= 0.3 is 0 Å². The van der Waals surface area contributed by atoms with Crippen molar-refractivity contribution in [2.45, 2.75) is 27.7 Å². The Kier molecular flexibility index (Phi) is 3.88. The molecule has 2 heterocycles. The van der Waals surface area contributed by atoms with Gasteiger partial charge in [0.05, 0.1) is 16.3 Å². The van der Waals surface area contributed by atoms with Crippen LogP contribution in [0.2, 0.25) is 5.02 Å². The number of nitrogens with zero attached hydrogens (tertiary/aromatic N) is 2. The van der Waals surface area contributed by atoms with Gasteiger partial charge in [-0.3, -0.25) is 9.36 Å². The van der Waals surface area contributed by atoms with E-state index in [2.05, 4.69) is 4.98 Å². The Labute approximate surface area is 150 Å². The number of aromatic nitrogens is 2. The summed E-state index contributed by atoms with van der Waals surface area (Å²) in [5, 5.41) is 11.1. The smallest absolute Gasteiger partial charge is 0.253 e. The van der Waals surface area contributed by atoms with Crippen molar-refractivity contribution in [1.29, 1.82) is 0 Å². The zero-order valence-electron chi connectivity index (χ0n) is 14.4. The summed E-state index contributed by atoms with van der Waals surface area (Å²) in [6.45, 7) is 7.37. The van der Waals surface area contributed by atoms with Gasteiger partial charge in [-0.25, -0.2) is 4.98 Å². The summed E-state index contributed by atoms with van der Waals surface area (Å²) in [4.78, 5) is 16.6. The fourth-order valence-electron chi connectivity index (χ4n) is 3.15. The molecule has 0 atom stereocenters. The van der Waals surface area contributed by atoms with Gasteiger partial charge in [-0.2, -0.15) is 0 Å². The molecule has 2 aromatic heterocycles. The van der Waals surface area contributed by atoms with Gasteiger partial charge in [0.1, 0.15) is 17.2 Å². The number of anilines is 1. The van der Waals surface area contributed by atoms with E-state index in [0.29, 0.717) is 22.3 Å². The molecule has 6 nitrogen and oxygen atoms in total. The third kappa shape index (κ3) is 2.41. The van der Waals surface area contributed by atoms with Crippen LogP contribution in [0.1, 0.15) is 32.7 Å². The van der Waals surface area contributed by atoms with Crippen LogP contribution in [-0.2, 0) is 0 Å². The van der Waals surface area contributed by atoms with Crippen LogP contribution in [0.3, 0.4) is 0 Å². The fourth-order valence-corrected chi connectivity index (χ4v) is 3.46. The maximum Gasteiger partial charge on any atom is 0.253 e. The minimum absolute atomic E-state index is 0.0343. The molecule has 0 unspecified atom stereocenters. The zero-order valence-corrected chi connectivity index (χ0v) is 15.2. The van der Waals surface area contributed by atoms with Gasteiger partial charge in [-0.05, 0) is 51.0 Å². The number of phenols is 1. The lowest BCUT2D eigenvalue weighted by atomic mass is 10.1. The number of fused-ring (bicyclic) bond motifs is 1. The van der Waals surface area contributed by atoms with Gasteiger partial charge in [0.25, 0.3) is 5.91 Å². The van der Waals surface area contributed by atoms with E-state index < -0.39 is 5.91 Å². The number of benzene rings is 1. The molecule has 1 amide bonds. The van der Waals surface area contributed by atoms with Crippen molar-refractivity contribution in [2.24, 2.45) is 5.73 Å². The monoisotopic (exact) mass is 358 g/mol. The van der Waals surface area contributed by atoms with Crippen LogP contribution in [0.4, 0.5) is 5.82 Å². The van der Waals surface area contributed by atoms with Crippen LogP contribution in [-0.4, -0.2) is 20.6 Å². The van der Waals surface area contributed by atoms with Crippen LogP contribution in [0.15, 0.2) is 12.1 Å². The first-order valence-electron chi connectivity index (χ1n) is 7.72. The quantitative estimate of drug-likeness (QED) is 0.653. The molecule has 0 aliphatic carbocycles. The second-order valence-corrected chi connectivity index (χ2v) is 6.63. The van der Waals surface area contributed by atoms with Crippen LogP contribution in [0, 0.1) is 27.7 Å². The first kappa shape index (κ1) is 17.1. The Morgan fingerprint density at radius 1 is 1.20 bits per heavy atom. The molecule has 7 heteroatoms. The predicted octanol–water partition coefficient (Wildman–Crippen LogP) is 3.30. The molecule has 0 bridgehead atoms. The van der Waals surface area contributed by atoms with E-state index in [0.717, 1.165) is 16.8 Å². The van der Waals surface area contributed by atoms with Crippen LogP contribution < -0.4 is 11.5 Å². The highest BCUT2D eigenvalue weighted by Gasteiger charge is 2.24. The fraction of sp³-hybridized carbons (Fsp3) is 0.222. The highest BCUT2D eigenvalue weighted by molar-refractivity contribution is 6.32. The lowest BCUT2D eigenvalue weighted by molar-refractivity contribution is 0.100. The summed E-state index contributed by atoms with van der Waals surface area (Å²) < 4.78 is 1.66. The summed E-state index contributed by atoms with van der Waals surface area (Å²) in [6.07, 6.45) is 0. The van der Waals surface area contributed by atoms with Crippen LogP contribution >= 0.6 is 11.6 Å². The standard InChI is InChI=1S/C18H19ClN4O2/c1-7-5-11-13(17(21)25)16(20)23(18(11)22-10(7)4)14-8(2)6-12(19)15(24)9(14)3/h5-6,24H,20H2,1-4H3,(H2,21,25). The topological polar surface area (TPSA) is 107 Å². The van der Waals surface area contributed by atoms with Crippen LogP contribution in [0.25, 0.3) is 16.7 Å². The van der Waals surface area contributed by atoms with E-state index in [-0.39, 0.29) is 22.2 Å². The summed E-state index contributed by atoms with van der Waals surface area (Å²) >= 11 is 6.06. The van der Waals surface area contributed by atoms with Crippen molar-refractivity contribution >= 4 is 34.4 Å². The number of phenolic OH excluding ortho intramolecular Hbond substituents is 1. The highest BCUT2D eigenvalue weighted by Crippen LogP contribution is 2.39. The number of carbonyl (C=O) groups excluding carboxylic acids is 1. The Balaban J connectivity index is 2.55. The summed E-state index contributed by atoms with van der Waals surface area (Å²) in [7, 11) is 0. The van der Waals surface area contributed by atoms with Crippen molar-refractivity contribution in [1.82, 2.24) is 9.55 Å². The Morgan fingerprint density at radius 3 is 2.44 bits per heavy atom. The van der Waals surface area contributed by atoms with Crippen molar-refractivity contribution in [3.63, 3.8) is 0 Å². The Morgan fingerprint density at radius 2 is 1.84 bits per heavy atom. The number of amides is 1. The number of hydrogen-bond donors (Lipinski definition) is 3. The number of nitrogens with two attached hydrogens (primary N) is 2. The molecule has 3 rings (SSSR count). The van der Waals surface area contributed by atoms with Gasteiger partial charge in [-0.15, -0.1) is 0 Å². The molecular weight excluding hydrogens is 340 g/mol. The third-order valence-corrected chi connectivity index (χ3v) is 4.84. The summed E-state index contributed by atoms with van der Waals surface area (Å²) in [6, 6.07) is 3.50. The van der Waals surface area contributed by atoms with Crippen molar-refractivity contribution < 1.29 is 9.90 Å². The van der Waals surface area contributed by atoms with E-state index in [9.17, 15) is 9.90 Å². The highest BCUT2D eigenvalue weighted by atomic mass is 35.5. The maximum atomic E-state index is 12.0. The minimum Gasteiger partial charge on any atom is -0.506 e. The molecule has 0 spiro atoms. The molecule has 0 radical (unpaired) electrons. The summed E-state index contributed by atoms with van der Waals surface area (Å²) in [5.74, 6) is -0.472. The van der Waals surface area contributed by atoms with E-state index >= 15 is 0 Å². The second-order valence-electron chi connectivity index (χ2n) is 6.22. The molecule has 25 heavy (non-hydrogen) atoms.